The van der Waals surface area contributed by atoms with E-state index in [1.54, 1.807) is 0 Å². The van der Waals surface area contributed by atoms with Gasteiger partial charge in [0.1, 0.15) is 5.58 Å². The van der Waals surface area contributed by atoms with Crippen LogP contribution in [0.5, 0.6) is 0 Å². The van der Waals surface area contributed by atoms with E-state index in [1.165, 1.54) is 34.0 Å². The molecule has 2 heterocycles. The first-order valence-corrected chi connectivity index (χ1v) is 9.65. The third-order valence-corrected chi connectivity index (χ3v) is 6.12. The fourth-order valence-electron chi connectivity index (χ4n) is 4.76. The number of benzene rings is 2. The molecule has 2 aliphatic rings. The second-order valence-electron chi connectivity index (χ2n) is 7.46. The van der Waals surface area contributed by atoms with Gasteiger partial charge in [0.2, 0.25) is 0 Å². The zero-order valence-electron chi connectivity index (χ0n) is 15.3. The summed E-state index contributed by atoms with van der Waals surface area (Å²) in [6.07, 6.45) is 4.12. The number of rotatable bonds is 3. The first-order valence-electron chi connectivity index (χ1n) is 9.65. The molecular weight excluding hydrogens is 322 g/mol. The second-order valence-corrected chi connectivity index (χ2v) is 7.46. The van der Waals surface area contributed by atoms with E-state index in [-0.39, 0.29) is 5.63 Å². The first kappa shape index (κ1) is 15.7. The van der Waals surface area contributed by atoms with E-state index in [2.05, 4.69) is 49.1 Å². The molecule has 2 aromatic carbocycles. The lowest BCUT2D eigenvalue weighted by Gasteiger charge is -2.16. The predicted molar refractivity (Wildman–Crippen MR) is 105 cm³/mol. The van der Waals surface area contributed by atoms with Crippen molar-refractivity contribution in [2.75, 3.05) is 4.90 Å². The van der Waals surface area contributed by atoms with Crippen molar-refractivity contribution in [1.29, 1.82) is 0 Å². The number of hydrogen-bond donors (Lipinski definition) is 0. The minimum Gasteiger partial charge on any atom is -0.422 e. The number of anilines is 1. The zero-order valence-corrected chi connectivity index (χ0v) is 15.3. The van der Waals surface area contributed by atoms with Crippen molar-refractivity contribution in [3.63, 3.8) is 0 Å². The van der Waals surface area contributed by atoms with Gasteiger partial charge in [-0.25, -0.2) is 4.79 Å². The summed E-state index contributed by atoms with van der Waals surface area (Å²) in [5.41, 5.74) is 7.44. The summed E-state index contributed by atoms with van der Waals surface area (Å²) in [6.45, 7) is 4.48. The van der Waals surface area contributed by atoms with Gasteiger partial charge in [-0.3, -0.25) is 0 Å². The maximum Gasteiger partial charge on any atom is 0.336 e. The molecule has 0 N–H and O–H groups in total. The van der Waals surface area contributed by atoms with Gasteiger partial charge in [-0.05, 0) is 48.4 Å². The van der Waals surface area contributed by atoms with Crippen LogP contribution in [0.4, 0.5) is 5.69 Å². The highest BCUT2D eigenvalue weighted by Crippen LogP contribution is 2.47. The Hall–Kier alpha value is -2.55. The molecule has 0 radical (unpaired) electrons. The van der Waals surface area contributed by atoms with Crippen LogP contribution in [0.3, 0.4) is 0 Å². The predicted octanol–water partition coefficient (Wildman–Crippen LogP) is 4.27. The van der Waals surface area contributed by atoms with E-state index < -0.39 is 0 Å². The fraction of sp³-hybridized carbons (Fsp3) is 0.348. The average Bonchev–Trinajstić information content (AvgIpc) is 3.37. The number of fused-ring (bicyclic) bond motifs is 4. The number of para-hydroxylation sites is 1. The Morgan fingerprint density at radius 1 is 0.962 bits per heavy atom. The lowest BCUT2D eigenvalue weighted by Crippen LogP contribution is -2.12. The van der Waals surface area contributed by atoms with E-state index in [0.29, 0.717) is 12.1 Å². The monoisotopic (exact) mass is 345 g/mol. The van der Waals surface area contributed by atoms with Crippen LogP contribution in [-0.4, -0.2) is 12.1 Å². The number of aryl methyl sites for hydroxylation is 2. The van der Waals surface area contributed by atoms with Crippen LogP contribution in [0, 0.1) is 0 Å². The van der Waals surface area contributed by atoms with Crippen LogP contribution >= 0.6 is 0 Å². The normalized spacial score (nSPS) is 20.8. The maximum atomic E-state index is 11.7. The van der Waals surface area contributed by atoms with Crippen LogP contribution in [0.2, 0.25) is 0 Å². The molecule has 0 saturated carbocycles. The van der Waals surface area contributed by atoms with Crippen LogP contribution in [-0.2, 0) is 25.7 Å². The third kappa shape index (κ3) is 2.23. The minimum atomic E-state index is -0.259. The molecule has 1 aliphatic heterocycles. The maximum absolute atomic E-state index is 11.7. The molecule has 26 heavy (non-hydrogen) atoms. The lowest BCUT2D eigenvalue weighted by molar-refractivity contribution is 0.554. The van der Waals surface area contributed by atoms with Crippen molar-refractivity contribution >= 4 is 16.7 Å². The average molecular weight is 345 g/mol. The molecule has 2 atom stereocenters. The van der Waals surface area contributed by atoms with Gasteiger partial charge >= 0.3 is 5.63 Å². The molecule has 1 fully saturated rings. The Kier molecular flexibility index (Phi) is 3.46. The smallest absolute Gasteiger partial charge is 0.336 e. The van der Waals surface area contributed by atoms with Gasteiger partial charge in [-0.15, -0.1) is 0 Å². The van der Waals surface area contributed by atoms with Gasteiger partial charge in [0.25, 0.3) is 0 Å². The Morgan fingerprint density at radius 2 is 1.65 bits per heavy atom. The summed E-state index contributed by atoms with van der Waals surface area (Å²) in [6, 6.07) is 15.5. The zero-order chi connectivity index (χ0) is 17.8. The van der Waals surface area contributed by atoms with E-state index >= 15 is 0 Å². The molecular formula is C23H23NO2. The summed E-state index contributed by atoms with van der Waals surface area (Å²) in [5, 5.41) is 1.03. The second kappa shape index (κ2) is 5.73. The fourth-order valence-corrected chi connectivity index (χ4v) is 4.76. The van der Waals surface area contributed by atoms with Gasteiger partial charge in [-0.1, -0.05) is 44.2 Å². The van der Waals surface area contributed by atoms with Gasteiger partial charge in [0.15, 0.2) is 0 Å². The Morgan fingerprint density at radius 3 is 2.38 bits per heavy atom. The highest BCUT2D eigenvalue weighted by Gasteiger charge is 2.51. The highest BCUT2D eigenvalue weighted by molar-refractivity contribution is 5.82. The van der Waals surface area contributed by atoms with Crippen LogP contribution < -0.4 is 10.5 Å². The molecule has 2 unspecified atom stereocenters. The summed E-state index contributed by atoms with van der Waals surface area (Å²) in [7, 11) is 0. The van der Waals surface area contributed by atoms with Gasteiger partial charge in [0, 0.05) is 22.7 Å². The molecule has 132 valence electrons. The van der Waals surface area contributed by atoms with E-state index in [1.807, 2.05) is 6.07 Å². The Bertz CT molecular complexity index is 1040. The van der Waals surface area contributed by atoms with Crippen LogP contribution in [0.25, 0.3) is 11.0 Å². The standard InChI is InChI=1S/C23H23NO2/c1-3-14-6-5-7-15(4-2)22(14)24-19-12-17-9-8-16-10-11-21(25)26-23(16)18(17)13-20(19)24/h5-11,19-20H,3-4,12-13H2,1-2H3. The highest BCUT2D eigenvalue weighted by atomic mass is 16.4. The van der Waals surface area contributed by atoms with E-state index in [0.717, 1.165) is 36.7 Å². The van der Waals surface area contributed by atoms with Crippen molar-refractivity contribution in [2.24, 2.45) is 0 Å². The largest absolute Gasteiger partial charge is 0.422 e. The third-order valence-electron chi connectivity index (χ3n) is 6.12. The minimum absolute atomic E-state index is 0.259. The molecule has 0 spiro atoms. The van der Waals surface area contributed by atoms with Gasteiger partial charge in [-0.2, -0.15) is 0 Å². The van der Waals surface area contributed by atoms with Crippen molar-refractivity contribution in [3.05, 3.63) is 75.1 Å². The van der Waals surface area contributed by atoms with Crippen molar-refractivity contribution in [3.8, 4) is 0 Å². The molecule has 5 rings (SSSR count). The first-order chi connectivity index (χ1) is 12.7. The van der Waals surface area contributed by atoms with Crippen LogP contribution in [0.15, 0.2) is 51.7 Å². The summed E-state index contributed by atoms with van der Waals surface area (Å²) in [5.74, 6) is 0. The molecule has 1 aliphatic carbocycles. The molecule has 3 nitrogen and oxygen atoms in total. The SMILES string of the molecule is CCc1cccc(CC)c1N1C2Cc3ccc4ccc(=O)oc4c3CC21. The summed E-state index contributed by atoms with van der Waals surface area (Å²) >= 11 is 0. The lowest BCUT2D eigenvalue weighted by atomic mass is 9.90. The molecule has 0 amide bonds. The molecule has 1 aromatic heterocycles. The van der Waals surface area contributed by atoms with Crippen molar-refractivity contribution in [1.82, 2.24) is 0 Å². The van der Waals surface area contributed by atoms with Crippen molar-refractivity contribution in [2.45, 2.75) is 51.6 Å². The summed E-state index contributed by atoms with van der Waals surface area (Å²) < 4.78 is 5.58. The Labute approximate surface area is 153 Å². The van der Waals surface area contributed by atoms with Crippen molar-refractivity contribution < 1.29 is 4.42 Å². The Balaban J connectivity index is 1.57. The van der Waals surface area contributed by atoms with Gasteiger partial charge < -0.3 is 9.32 Å². The molecule has 3 aromatic rings. The molecule has 1 saturated heterocycles. The summed E-state index contributed by atoms with van der Waals surface area (Å²) in [4.78, 5) is 14.4. The number of hydrogen-bond acceptors (Lipinski definition) is 3. The number of nitrogens with zero attached hydrogens (tertiary/aromatic N) is 1. The van der Waals surface area contributed by atoms with Gasteiger partial charge in [0.05, 0.1) is 12.1 Å². The quantitative estimate of drug-likeness (QED) is 0.525. The molecule has 0 bridgehead atoms. The molecule has 3 heteroatoms. The van der Waals surface area contributed by atoms with E-state index in [4.69, 9.17) is 4.42 Å². The van der Waals surface area contributed by atoms with Crippen LogP contribution in [0.1, 0.15) is 36.1 Å². The topological polar surface area (TPSA) is 33.2 Å². The van der Waals surface area contributed by atoms with E-state index in [9.17, 15) is 4.79 Å².